The molecule has 0 aliphatic rings. The predicted molar refractivity (Wildman–Crippen MR) is 89.1 cm³/mol. The fourth-order valence-corrected chi connectivity index (χ4v) is 2.38. The van der Waals surface area contributed by atoms with Crippen molar-refractivity contribution in [2.75, 3.05) is 0 Å². The van der Waals surface area contributed by atoms with E-state index in [4.69, 9.17) is 10.2 Å². The van der Waals surface area contributed by atoms with Gasteiger partial charge in [0.2, 0.25) is 0 Å². The molecule has 0 saturated heterocycles. The van der Waals surface area contributed by atoms with Gasteiger partial charge in [-0.25, -0.2) is 4.98 Å². The topological polar surface area (TPSA) is 45.5 Å². The lowest BCUT2D eigenvalue weighted by atomic mass is 9.98. The van der Waals surface area contributed by atoms with Gasteiger partial charge in [-0.2, -0.15) is 0 Å². The Morgan fingerprint density at radius 3 is 2.00 bits per heavy atom. The summed E-state index contributed by atoms with van der Waals surface area (Å²) in [6.45, 7) is 1.74. The zero-order valence-corrected chi connectivity index (χ0v) is 12.3. The summed E-state index contributed by atoms with van der Waals surface area (Å²) in [5.41, 5.74) is 5.25. The molecule has 0 spiro atoms. The van der Waals surface area contributed by atoms with E-state index in [1.807, 2.05) is 60.7 Å². The van der Waals surface area contributed by atoms with E-state index in [0.29, 0.717) is 11.4 Å². The van der Waals surface area contributed by atoms with Gasteiger partial charge in [0.1, 0.15) is 5.71 Å². The summed E-state index contributed by atoms with van der Waals surface area (Å²) < 4.78 is 0. The highest BCUT2D eigenvalue weighted by Crippen LogP contribution is 2.30. The van der Waals surface area contributed by atoms with Crippen molar-refractivity contribution in [2.24, 2.45) is 5.16 Å². The lowest BCUT2D eigenvalue weighted by molar-refractivity contribution is 0.319. The number of hydrogen-bond acceptors (Lipinski definition) is 3. The number of rotatable bonds is 3. The summed E-state index contributed by atoms with van der Waals surface area (Å²) in [5.74, 6) is 0. The van der Waals surface area contributed by atoms with Crippen molar-refractivity contribution < 1.29 is 5.21 Å². The molecule has 0 saturated carbocycles. The molecule has 1 N–H and O–H groups in total. The predicted octanol–water partition coefficient (Wildman–Crippen LogP) is 4.61. The highest BCUT2D eigenvalue weighted by Gasteiger charge is 2.11. The number of oxime groups is 1. The Balaban J connectivity index is 2.22. The van der Waals surface area contributed by atoms with Gasteiger partial charge in [0.15, 0.2) is 0 Å². The minimum absolute atomic E-state index is 0.497. The van der Waals surface area contributed by atoms with Crippen LogP contribution in [0.1, 0.15) is 12.6 Å². The molecule has 0 aliphatic carbocycles. The molecule has 22 heavy (non-hydrogen) atoms. The van der Waals surface area contributed by atoms with Crippen molar-refractivity contribution in [3.63, 3.8) is 0 Å². The molecule has 0 atom stereocenters. The fraction of sp³-hybridized carbons (Fsp3) is 0.0526. The quantitative estimate of drug-likeness (QED) is 0.434. The van der Waals surface area contributed by atoms with Crippen molar-refractivity contribution >= 4 is 5.71 Å². The summed E-state index contributed by atoms with van der Waals surface area (Å²) in [6.07, 6.45) is 0. The van der Waals surface area contributed by atoms with Gasteiger partial charge in [0.05, 0.1) is 11.4 Å². The third kappa shape index (κ3) is 2.74. The Bertz CT molecular complexity index is 796. The Morgan fingerprint density at radius 1 is 0.818 bits per heavy atom. The molecule has 2 aromatic carbocycles. The molecule has 0 amide bonds. The SMILES string of the molecule is CC(=NO)c1ccc(-c2ccccc2)c(-c2ccccc2)n1. The second kappa shape index (κ2) is 6.22. The average Bonchev–Trinajstić information content (AvgIpc) is 2.62. The van der Waals surface area contributed by atoms with Crippen LogP contribution >= 0.6 is 0 Å². The van der Waals surface area contributed by atoms with Gasteiger partial charge < -0.3 is 5.21 Å². The van der Waals surface area contributed by atoms with Crippen LogP contribution in [0.3, 0.4) is 0 Å². The summed E-state index contributed by atoms with van der Waals surface area (Å²) in [7, 11) is 0. The maximum absolute atomic E-state index is 8.98. The minimum Gasteiger partial charge on any atom is -0.411 e. The van der Waals surface area contributed by atoms with Crippen LogP contribution < -0.4 is 0 Å². The van der Waals surface area contributed by atoms with Crippen molar-refractivity contribution in [3.8, 4) is 22.4 Å². The average molecular weight is 288 g/mol. The van der Waals surface area contributed by atoms with E-state index < -0.39 is 0 Å². The second-order valence-electron chi connectivity index (χ2n) is 5.01. The molecule has 0 aliphatic heterocycles. The van der Waals surface area contributed by atoms with E-state index in [1.54, 1.807) is 6.92 Å². The van der Waals surface area contributed by atoms with Gasteiger partial charge >= 0.3 is 0 Å². The molecule has 0 bridgehead atoms. The standard InChI is InChI=1S/C19H16N2O/c1-14(21-22)18-13-12-17(15-8-4-2-5-9-15)19(20-18)16-10-6-3-7-11-16/h2-13,22H,1H3. The number of hydrogen-bond donors (Lipinski definition) is 1. The van der Waals surface area contributed by atoms with E-state index >= 15 is 0 Å². The van der Waals surface area contributed by atoms with Gasteiger partial charge in [-0.3, -0.25) is 0 Å². The summed E-state index contributed by atoms with van der Waals surface area (Å²) >= 11 is 0. The Hall–Kier alpha value is -2.94. The Morgan fingerprint density at radius 2 is 1.41 bits per heavy atom. The normalized spacial score (nSPS) is 11.4. The van der Waals surface area contributed by atoms with Crippen LogP contribution in [-0.2, 0) is 0 Å². The van der Waals surface area contributed by atoms with Gasteiger partial charge in [-0.15, -0.1) is 0 Å². The molecule has 108 valence electrons. The molecule has 0 unspecified atom stereocenters. The smallest absolute Gasteiger partial charge is 0.102 e. The molecule has 3 nitrogen and oxygen atoms in total. The number of aromatic nitrogens is 1. The second-order valence-corrected chi connectivity index (χ2v) is 5.01. The number of nitrogens with zero attached hydrogens (tertiary/aromatic N) is 2. The van der Waals surface area contributed by atoms with Gasteiger partial charge in [0, 0.05) is 11.1 Å². The molecule has 3 heteroatoms. The molecule has 1 aromatic heterocycles. The first-order chi connectivity index (χ1) is 10.8. The van der Waals surface area contributed by atoms with Gasteiger partial charge in [-0.1, -0.05) is 65.8 Å². The monoisotopic (exact) mass is 288 g/mol. The summed E-state index contributed by atoms with van der Waals surface area (Å²) in [6, 6.07) is 24.1. The van der Waals surface area contributed by atoms with Crippen molar-refractivity contribution in [3.05, 3.63) is 78.5 Å². The Labute approximate surface area is 129 Å². The van der Waals surface area contributed by atoms with Crippen molar-refractivity contribution in [2.45, 2.75) is 6.92 Å². The third-order valence-electron chi connectivity index (χ3n) is 3.55. The summed E-state index contributed by atoms with van der Waals surface area (Å²) in [5, 5.41) is 12.2. The van der Waals surface area contributed by atoms with Crippen molar-refractivity contribution in [1.82, 2.24) is 4.98 Å². The minimum atomic E-state index is 0.497. The molecule has 3 rings (SSSR count). The summed E-state index contributed by atoms with van der Waals surface area (Å²) in [4.78, 5) is 4.70. The van der Waals surface area contributed by atoms with Gasteiger partial charge in [-0.05, 0) is 24.6 Å². The van der Waals surface area contributed by atoms with Crippen LogP contribution in [0.4, 0.5) is 0 Å². The van der Waals surface area contributed by atoms with E-state index in [9.17, 15) is 0 Å². The molecule has 0 radical (unpaired) electrons. The molecule has 1 heterocycles. The molecule has 0 fully saturated rings. The van der Waals surface area contributed by atoms with E-state index in [0.717, 1.165) is 22.4 Å². The maximum Gasteiger partial charge on any atom is 0.102 e. The van der Waals surface area contributed by atoms with Crippen LogP contribution in [0.25, 0.3) is 22.4 Å². The van der Waals surface area contributed by atoms with Crippen LogP contribution in [0.15, 0.2) is 78.0 Å². The van der Waals surface area contributed by atoms with Crippen LogP contribution in [0.5, 0.6) is 0 Å². The zero-order valence-electron chi connectivity index (χ0n) is 12.3. The lowest BCUT2D eigenvalue weighted by Gasteiger charge is -2.11. The highest BCUT2D eigenvalue weighted by molar-refractivity contribution is 5.98. The number of pyridine rings is 1. The first kappa shape index (κ1) is 14.0. The van der Waals surface area contributed by atoms with E-state index in [-0.39, 0.29) is 0 Å². The largest absolute Gasteiger partial charge is 0.411 e. The van der Waals surface area contributed by atoms with Crippen LogP contribution in [0, 0.1) is 0 Å². The number of benzene rings is 2. The first-order valence-corrected chi connectivity index (χ1v) is 7.10. The first-order valence-electron chi connectivity index (χ1n) is 7.10. The van der Waals surface area contributed by atoms with E-state index in [1.165, 1.54) is 0 Å². The van der Waals surface area contributed by atoms with E-state index in [2.05, 4.69) is 17.3 Å². The fourth-order valence-electron chi connectivity index (χ4n) is 2.38. The lowest BCUT2D eigenvalue weighted by Crippen LogP contribution is -2.01. The Kier molecular flexibility index (Phi) is 3.97. The van der Waals surface area contributed by atoms with Gasteiger partial charge in [0.25, 0.3) is 0 Å². The van der Waals surface area contributed by atoms with Crippen LogP contribution in [0.2, 0.25) is 0 Å². The molecule has 3 aromatic rings. The molecular formula is C19H16N2O. The van der Waals surface area contributed by atoms with Crippen LogP contribution in [-0.4, -0.2) is 15.9 Å². The van der Waals surface area contributed by atoms with Crippen molar-refractivity contribution in [1.29, 1.82) is 0 Å². The third-order valence-corrected chi connectivity index (χ3v) is 3.55. The zero-order chi connectivity index (χ0) is 15.4. The maximum atomic E-state index is 8.98. The molecular weight excluding hydrogens is 272 g/mol. The highest BCUT2D eigenvalue weighted by atomic mass is 16.4.